The molecule has 1 atom stereocenters. The summed E-state index contributed by atoms with van der Waals surface area (Å²) in [6.07, 6.45) is 5.27. The predicted molar refractivity (Wildman–Crippen MR) is 96.0 cm³/mol. The maximum absolute atomic E-state index is 12.9. The molecule has 1 aliphatic heterocycles. The molecule has 1 N–H and O–H groups in total. The molecule has 1 amide bonds. The fourth-order valence-electron chi connectivity index (χ4n) is 3.25. The van der Waals surface area contributed by atoms with Crippen LogP contribution in [0.15, 0.2) is 49.1 Å². The minimum atomic E-state index is -0.0756. The van der Waals surface area contributed by atoms with Gasteiger partial charge in [-0.2, -0.15) is 5.10 Å². The zero-order chi connectivity index (χ0) is 17.9. The summed E-state index contributed by atoms with van der Waals surface area (Å²) >= 11 is 0. The monoisotopic (exact) mass is 351 g/mol. The normalized spacial score (nSPS) is 17.4. The van der Waals surface area contributed by atoms with Gasteiger partial charge in [0.1, 0.15) is 24.7 Å². The van der Waals surface area contributed by atoms with Crippen LogP contribution in [0.2, 0.25) is 0 Å². The number of amides is 1. The molecule has 0 spiro atoms. The number of piperazine rings is 1. The minimum Gasteiger partial charge on any atom is -0.336 e. The highest BCUT2D eigenvalue weighted by molar-refractivity contribution is 5.76. The third-order valence-corrected chi connectivity index (χ3v) is 4.59. The number of aromatic nitrogens is 5. The third-order valence-electron chi connectivity index (χ3n) is 4.59. The molecule has 3 aromatic rings. The molecule has 8 heteroatoms. The number of hydrogen-bond acceptors (Lipinski definition) is 5. The predicted octanol–water partition coefficient (Wildman–Crippen LogP) is 0.852. The van der Waals surface area contributed by atoms with Gasteiger partial charge in [-0.1, -0.05) is 30.3 Å². The lowest BCUT2D eigenvalue weighted by Crippen LogP contribution is -2.50. The maximum atomic E-state index is 12.9. The van der Waals surface area contributed by atoms with Gasteiger partial charge in [0.05, 0.1) is 0 Å². The number of carbonyl (C=O) groups is 1. The lowest BCUT2D eigenvalue weighted by molar-refractivity contribution is -0.135. The van der Waals surface area contributed by atoms with Crippen molar-refractivity contribution in [1.29, 1.82) is 0 Å². The van der Waals surface area contributed by atoms with Crippen molar-refractivity contribution in [3.8, 4) is 11.4 Å². The number of imidazole rings is 1. The van der Waals surface area contributed by atoms with Crippen LogP contribution in [-0.2, 0) is 18.4 Å². The van der Waals surface area contributed by atoms with Gasteiger partial charge in [-0.25, -0.2) is 14.6 Å². The van der Waals surface area contributed by atoms with Gasteiger partial charge in [0.2, 0.25) is 5.91 Å². The molecule has 1 aliphatic rings. The average molecular weight is 351 g/mol. The highest BCUT2D eigenvalue weighted by Gasteiger charge is 2.30. The number of nitrogens with zero attached hydrogens (tertiary/aromatic N) is 6. The average Bonchev–Trinajstić information content (AvgIpc) is 3.31. The fraction of sp³-hybridized carbons (Fsp3) is 0.333. The number of aryl methyl sites for hydroxylation is 1. The van der Waals surface area contributed by atoms with E-state index in [0.717, 1.165) is 17.9 Å². The number of carbonyl (C=O) groups excluding carboxylic acids is 1. The lowest BCUT2D eigenvalue weighted by atomic mass is 10.1. The van der Waals surface area contributed by atoms with Crippen LogP contribution in [0.3, 0.4) is 0 Å². The Morgan fingerprint density at radius 3 is 2.88 bits per heavy atom. The molecular formula is C18H21N7O. The highest BCUT2D eigenvalue weighted by atomic mass is 16.2. The largest absolute Gasteiger partial charge is 0.336 e. The first-order valence-corrected chi connectivity index (χ1v) is 8.64. The molecule has 4 rings (SSSR count). The van der Waals surface area contributed by atoms with Crippen molar-refractivity contribution in [2.24, 2.45) is 7.05 Å². The van der Waals surface area contributed by atoms with E-state index < -0.39 is 0 Å². The van der Waals surface area contributed by atoms with E-state index in [-0.39, 0.29) is 18.5 Å². The first kappa shape index (κ1) is 16.5. The Hall–Kier alpha value is -3.00. The van der Waals surface area contributed by atoms with Crippen LogP contribution in [0.4, 0.5) is 0 Å². The van der Waals surface area contributed by atoms with Crippen LogP contribution in [0, 0.1) is 0 Å². The Labute approximate surface area is 151 Å². The molecule has 8 nitrogen and oxygen atoms in total. The minimum absolute atomic E-state index is 0.0176. The van der Waals surface area contributed by atoms with Crippen molar-refractivity contribution in [3.05, 3.63) is 54.9 Å². The molecule has 1 fully saturated rings. The number of nitrogens with one attached hydrogen (secondary N) is 1. The van der Waals surface area contributed by atoms with Crippen LogP contribution in [0.5, 0.6) is 0 Å². The van der Waals surface area contributed by atoms with Crippen molar-refractivity contribution in [2.75, 3.05) is 19.6 Å². The third kappa shape index (κ3) is 3.23. The summed E-state index contributed by atoms with van der Waals surface area (Å²) in [6, 6.07) is 9.67. The van der Waals surface area contributed by atoms with Crippen LogP contribution in [-0.4, -0.2) is 54.8 Å². The Bertz CT molecular complexity index is 886. The summed E-state index contributed by atoms with van der Waals surface area (Å²) in [5.41, 5.74) is 0.937. The summed E-state index contributed by atoms with van der Waals surface area (Å²) in [6.45, 7) is 2.29. The zero-order valence-corrected chi connectivity index (χ0v) is 14.6. The first-order chi connectivity index (χ1) is 12.7. The quantitative estimate of drug-likeness (QED) is 0.754. The fourth-order valence-corrected chi connectivity index (χ4v) is 3.25. The van der Waals surface area contributed by atoms with Crippen molar-refractivity contribution >= 4 is 5.91 Å². The van der Waals surface area contributed by atoms with Gasteiger partial charge in [-0.05, 0) is 0 Å². The highest BCUT2D eigenvalue weighted by Crippen LogP contribution is 2.21. The second-order valence-electron chi connectivity index (χ2n) is 6.34. The molecule has 0 aliphatic carbocycles. The van der Waals surface area contributed by atoms with Gasteiger partial charge >= 0.3 is 0 Å². The first-order valence-electron chi connectivity index (χ1n) is 8.64. The van der Waals surface area contributed by atoms with E-state index in [1.165, 1.54) is 0 Å². The Morgan fingerprint density at radius 2 is 2.12 bits per heavy atom. The van der Waals surface area contributed by atoms with E-state index in [9.17, 15) is 4.79 Å². The second-order valence-corrected chi connectivity index (χ2v) is 6.34. The second kappa shape index (κ2) is 7.09. The van der Waals surface area contributed by atoms with Gasteiger partial charge in [0, 0.05) is 44.6 Å². The summed E-state index contributed by atoms with van der Waals surface area (Å²) < 4.78 is 3.56. The lowest BCUT2D eigenvalue weighted by Gasteiger charge is -2.35. The van der Waals surface area contributed by atoms with Gasteiger partial charge in [-0.15, -0.1) is 0 Å². The van der Waals surface area contributed by atoms with E-state index in [4.69, 9.17) is 0 Å². The smallest absolute Gasteiger partial charge is 0.245 e. The molecule has 1 saturated heterocycles. The van der Waals surface area contributed by atoms with E-state index in [1.54, 1.807) is 17.2 Å². The molecular weight excluding hydrogens is 330 g/mol. The zero-order valence-electron chi connectivity index (χ0n) is 14.6. The van der Waals surface area contributed by atoms with Crippen LogP contribution in [0.25, 0.3) is 11.4 Å². The van der Waals surface area contributed by atoms with E-state index in [1.807, 2.05) is 53.0 Å². The van der Waals surface area contributed by atoms with Crippen molar-refractivity contribution in [1.82, 2.24) is 34.5 Å². The Balaban J connectivity index is 1.50. The Morgan fingerprint density at radius 1 is 1.27 bits per heavy atom. The van der Waals surface area contributed by atoms with E-state index in [2.05, 4.69) is 20.4 Å². The van der Waals surface area contributed by atoms with Crippen LogP contribution < -0.4 is 5.32 Å². The molecule has 26 heavy (non-hydrogen) atoms. The van der Waals surface area contributed by atoms with Crippen molar-refractivity contribution in [2.45, 2.75) is 12.6 Å². The van der Waals surface area contributed by atoms with Crippen LogP contribution >= 0.6 is 0 Å². The molecule has 134 valence electrons. The summed E-state index contributed by atoms with van der Waals surface area (Å²) in [4.78, 5) is 23.5. The molecule has 0 saturated carbocycles. The standard InChI is InChI=1S/C18H21N7O/c1-23-9-8-20-18(23)15-11-19-7-10-25(15)16(26)12-24-13-21-17(22-24)14-5-3-2-4-6-14/h2-6,8-9,13,15,19H,7,10-12H2,1H3. The van der Waals surface area contributed by atoms with Gasteiger partial charge in [0.15, 0.2) is 5.82 Å². The maximum Gasteiger partial charge on any atom is 0.245 e. The van der Waals surface area contributed by atoms with Crippen LogP contribution in [0.1, 0.15) is 11.9 Å². The Kier molecular flexibility index (Phi) is 4.49. The molecule has 1 unspecified atom stereocenters. The van der Waals surface area contributed by atoms with E-state index in [0.29, 0.717) is 18.9 Å². The van der Waals surface area contributed by atoms with Crippen molar-refractivity contribution in [3.63, 3.8) is 0 Å². The number of rotatable bonds is 4. The SMILES string of the molecule is Cn1ccnc1C1CNCCN1C(=O)Cn1cnc(-c2ccccc2)n1. The molecule has 3 heterocycles. The van der Waals surface area contributed by atoms with Gasteiger partial charge in [0.25, 0.3) is 0 Å². The summed E-state index contributed by atoms with van der Waals surface area (Å²) in [5.74, 6) is 1.53. The number of hydrogen-bond donors (Lipinski definition) is 1. The number of benzene rings is 1. The van der Waals surface area contributed by atoms with Crippen molar-refractivity contribution < 1.29 is 4.79 Å². The molecule has 0 radical (unpaired) electrons. The molecule has 0 bridgehead atoms. The molecule has 1 aromatic carbocycles. The topological polar surface area (TPSA) is 80.9 Å². The van der Waals surface area contributed by atoms with Gasteiger partial charge in [-0.3, -0.25) is 4.79 Å². The summed E-state index contributed by atoms with van der Waals surface area (Å²) in [7, 11) is 1.95. The van der Waals surface area contributed by atoms with E-state index >= 15 is 0 Å². The summed E-state index contributed by atoms with van der Waals surface area (Å²) in [5, 5.41) is 7.78. The van der Waals surface area contributed by atoms with Gasteiger partial charge < -0.3 is 14.8 Å². The molecule has 2 aromatic heterocycles.